The number of benzene rings is 2. The summed E-state index contributed by atoms with van der Waals surface area (Å²) in [7, 11) is 1.88. The van der Waals surface area contributed by atoms with E-state index in [0.717, 1.165) is 28.2 Å². The first-order valence-electron chi connectivity index (χ1n) is 15.0. The Kier molecular flexibility index (Phi) is 11.4. The zero-order valence-corrected chi connectivity index (χ0v) is 27.7. The van der Waals surface area contributed by atoms with Crippen molar-refractivity contribution in [1.82, 2.24) is 29.9 Å². The summed E-state index contributed by atoms with van der Waals surface area (Å²) in [6.07, 6.45) is 12.8. The summed E-state index contributed by atoms with van der Waals surface area (Å²) >= 11 is 6.23. The predicted molar refractivity (Wildman–Crippen MR) is 184 cm³/mol. The van der Waals surface area contributed by atoms with Crippen LogP contribution in [0.5, 0.6) is 11.5 Å². The lowest BCUT2D eigenvalue weighted by atomic mass is 10.0. The zero-order chi connectivity index (χ0) is 34.8. The number of aromatic nitrogens is 6. The molecule has 0 aliphatic heterocycles. The van der Waals surface area contributed by atoms with Crippen LogP contribution >= 0.6 is 11.6 Å². The smallest absolute Gasteiger partial charge is 0.169 e. The van der Waals surface area contributed by atoms with Crippen LogP contribution in [-0.4, -0.2) is 48.5 Å². The normalized spacial score (nSPS) is 10.5. The molecule has 4 aromatic heterocycles. The number of hydrogen-bond acceptors (Lipinski definition) is 10. The van der Waals surface area contributed by atoms with E-state index in [9.17, 15) is 14.0 Å². The Morgan fingerprint density at radius 3 is 1.82 bits per heavy atom. The monoisotopic (exact) mass is 675 g/mol. The Morgan fingerprint density at radius 2 is 1.24 bits per heavy atom. The molecule has 0 atom stereocenters. The maximum absolute atomic E-state index is 13.8. The number of pyridine rings is 2. The molecule has 0 saturated heterocycles. The van der Waals surface area contributed by atoms with Crippen LogP contribution in [0.15, 0.2) is 110 Å². The molecule has 246 valence electrons. The molecule has 0 fully saturated rings. The Labute approximate surface area is 287 Å². The fraction of sp³-hybridized carbons (Fsp3) is 0.135. The molecule has 12 heteroatoms. The molecule has 0 saturated carbocycles. The predicted octanol–water partition coefficient (Wildman–Crippen LogP) is 7.56. The molecule has 0 radical (unpaired) electrons. The average Bonchev–Trinajstić information content (AvgIpc) is 3.08. The third-order valence-corrected chi connectivity index (χ3v) is 7.34. The van der Waals surface area contributed by atoms with Gasteiger partial charge in [-0.05, 0) is 79.6 Å². The van der Waals surface area contributed by atoms with E-state index in [2.05, 4.69) is 29.9 Å². The van der Waals surface area contributed by atoms with Crippen LogP contribution in [-0.2, 0) is 12.8 Å². The molecule has 0 unspecified atom stereocenters. The summed E-state index contributed by atoms with van der Waals surface area (Å²) in [5, 5.41) is 0.502. The van der Waals surface area contributed by atoms with Gasteiger partial charge in [0.15, 0.2) is 17.3 Å². The van der Waals surface area contributed by atoms with Gasteiger partial charge in [0.25, 0.3) is 0 Å². The second-order valence-electron chi connectivity index (χ2n) is 11.1. The summed E-state index contributed by atoms with van der Waals surface area (Å²) in [5.41, 5.74) is 5.86. The molecule has 0 amide bonds. The first-order chi connectivity index (χ1) is 23.6. The van der Waals surface area contributed by atoms with E-state index in [1.165, 1.54) is 43.2 Å². The van der Waals surface area contributed by atoms with E-state index in [0.29, 0.717) is 22.0 Å². The van der Waals surface area contributed by atoms with Gasteiger partial charge in [-0.1, -0.05) is 11.6 Å². The van der Waals surface area contributed by atoms with E-state index in [1.807, 2.05) is 56.1 Å². The van der Waals surface area contributed by atoms with Gasteiger partial charge in [-0.15, -0.1) is 0 Å². The quantitative estimate of drug-likeness (QED) is 0.134. The molecule has 10 nitrogen and oxygen atoms in total. The van der Waals surface area contributed by atoms with Crippen LogP contribution in [0.25, 0.3) is 0 Å². The average molecular weight is 676 g/mol. The lowest BCUT2D eigenvalue weighted by Crippen LogP contribution is -2.12. The summed E-state index contributed by atoms with van der Waals surface area (Å²) in [4.78, 5) is 51.0. The third kappa shape index (κ3) is 10.0. The number of halogens is 2. The van der Waals surface area contributed by atoms with Crippen molar-refractivity contribution in [3.8, 4) is 11.5 Å². The molecule has 0 aliphatic carbocycles. The molecule has 0 N–H and O–H groups in total. The van der Waals surface area contributed by atoms with Crippen molar-refractivity contribution in [2.24, 2.45) is 0 Å². The first kappa shape index (κ1) is 34.4. The Hall–Kier alpha value is -5.94. The van der Waals surface area contributed by atoms with Gasteiger partial charge >= 0.3 is 0 Å². The molecule has 6 rings (SSSR count). The molecule has 4 heterocycles. The van der Waals surface area contributed by atoms with Crippen LogP contribution in [0, 0.1) is 19.7 Å². The second-order valence-corrected chi connectivity index (χ2v) is 11.5. The number of rotatable bonds is 10. The number of nitrogens with zero attached hydrogens (tertiary/aromatic N) is 7. The number of aryl methyl sites for hydroxylation is 2. The highest BCUT2D eigenvalue weighted by atomic mass is 35.5. The van der Waals surface area contributed by atoms with E-state index in [4.69, 9.17) is 16.3 Å². The molecular weight excluding hydrogens is 645 g/mol. The van der Waals surface area contributed by atoms with Crippen molar-refractivity contribution in [3.05, 3.63) is 155 Å². The number of ketones is 2. The highest BCUT2D eigenvalue weighted by molar-refractivity contribution is 6.31. The fourth-order valence-electron chi connectivity index (χ4n) is 4.72. The summed E-state index contributed by atoms with van der Waals surface area (Å²) in [5.74, 6) is -0.238. The van der Waals surface area contributed by atoms with Gasteiger partial charge < -0.3 is 9.64 Å². The summed E-state index contributed by atoms with van der Waals surface area (Å²) < 4.78 is 19.3. The lowest BCUT2D eigenvalue weighted by Gasteiger charge is -2.19. The molecular formula is C37H31ClFN7O3. The largest absolute Gasteiger partial charge is 0.454 e. The summed E-state index contributed by atoms with van der Waals surface area (Å²) in [6.45, 7) is 3.90. The molecule has 2 aromatic carbocycles. The van der Waals surface area contributed by atoms with Crippen LogP contribution in [0.1, 0.15) is 43.2 Å². The fourth-order valence-corrected chi connectivity index (χ4v) is 4.95. The number of carbonyl (C=O) groups excluding carboxylic acids is 2. The maximum Gasteiger partial charge on any atom is 0.169 e. The standard InChI is InChI=1S/C19H17ClN4O.C18H14FN3O2/c1-13-3-4-23-16(5-13)9-19(25)14-6-15(20)8-17(7-14)24(2)18-10-21-12-22-11-18;1-12-2-3-22-15(4-12)8-18(23)13-5-14(19)7-16(6-13)24-17-9-20-11-21-10-17/h3-8,10-12H,9H2,1-2H3;2-7,9-11H,8H2,1H3. The molecule has 0 spiro atoms. The number of hydrogen-bond donors (Lipinski definition) is 0. The van der Waals surface area contributed by atoms with Gasteiger partial charge in [0.2, 0.25) is 0 Å². The van der Waals surface area contributed by atoms with E-state index < -0.39 is 5.82 Å². The molecule has 6 aromatic rings. The van der Waals surface area contributed by atoms with Crippen molar-refractivity contribution in [2.45, 2.75) is 26.7 Å². The van der Waals surface area contributed by atoms with Crippen molar-refractivity contribution < 1.29 is 18.7 Å². The molecule has 49 heavy (non-hydrogen) atoms. The number of anilines is 2. The van der Waals surface area contributed by atoms with Crippen molar-refractivity contribution >= 4 is 34.5 Å². The topological polar surface area (TPSA) is 124 Å². The third-order valence-electron chi connectivity index (χ3n) is 7.12. The Balaban J connectivity index is 0.000000191. The van der Waals surface area contributed by atoms with Gasteiger partial charge in [0.1, 0.15) is 24.2 Å². The van der Waals surface area contributed by atoms with Crippen LogP contribution in [0.3, 0.4) is 0 Å². The van der Waals surface area contributed by atoms with Gasteiger partial charge in [0, 0.05) is 58.7 Å². The van der Waals surface area contributed by atoms with E-state index in [-0.39, 0.29) is 35.7 Å². The number of carbonyl (C=O) groups is 2. The van der Waals surface area contributed by atoms with Gasteiger partial charge in [-0.2, -0.15) is 0 Å². The SMILES string of the molecule is Cc1ccnc(CC(=O)c2cc(Cl)cc(N(C)c3cncnc3)c2)c1.Cc1ccnc(CC(=O)c2cc(F)cc(Oc3cncnc3)c2)c1. The van der Waals surface area contributed by atoms with Crippen molar-refractivity contribution in [1.29, 1.82) is 0 Å². The molecule has 0 bridgehead atoms. The maximum atomic E-state index is 13.8. The van der Waals surface area contributed by atoms with Crippen molar-refractivity contribution in [2.75, 3.05) is 11.9 Å². The van der Waals surface area contributed by atoms with Crippen LogP contribution in [0.2, 0.25) is 5.02 Å². The number of Topliss-reactive ketones (excluding diaryl/α,β-unsaturated/α-hetero) is 2. The Morgan fingerprint density at radius 1 is 0.694 bits per heavy atom. The van der Waals surface area contributed by atoms with Crippen LogP contribution in [0.4, 0.5) is 15.8 Å². The highest BCUT2D eigenvalue weighted by Crippen LogP contribution is 2.28. The first-order valence-corrected chi connectivity index (χ1v) is 15.4. The lowest BCUT2D eigenvalue weighted by molar-refractivity contribution is 0.0983. The van der Waals surface area contributed by atoms with Gasteiger partial charge in [0.05, 0.1) is 43.3 Å². The van der Waals surface area contributed by atoms with Gasteiger partial charge in [-0.25, -0.2) is 24.3 Å². The van der Waals surface area contributed by atoms with E-state index >= 15 is 0 Å². The summed E-state index contributed by atoms with van der Waals surface area (Å²) in [6, 6.07) is 16.7. The van der Waals surface area contributed by atoms with E-state index in [1.54, 1.807) is 36.9 Å². The Bertz CT molecular complexity index is 2070. The second kappa shape index (κ2) is 16.2. The number of ether oxygens (including phenoxy) is 1. The van der Waals surface area contributed by atoms with Crippen LogP contribution < -0.4 is 9.64 Å². The minimum atomic E-state index is -0.551. The minimum Gasteiger partial charge on any atom is -0.454 e. The zero-order valence-electron chi connectivity index (χ0n) is 26.9. The van der Waals surface area contributed by atoms with Gasteiger partial charge in [-0.3, -0.25) is 19.6 Å². The van der Waals surface area contributed by atoms with Crippen molar-refractivity contribution in [3.63, 3.8) is 0 Å². The highest BCUT2D eigenvalue weighted by Gasteiger charge is 2.14. The minimum absolute atomic E-state index is 0.0282. The molecule has 0 aliphatic rings.